The molecular weight excluding hydrogens is 132 g/mol. The van der Waals surface area contributed by atoms with E-state index < -0.39 is 0 Å². The molecule has 0 nitrogen and oxygen atoms in total. The topological polar surface area (TPSA) is 0 Å². The molecule has 3 bridgehead atoms. The quantitative estimate of drug-likeness (QED) is 0.450. The normalized spacial score (nSPS) is 87.0. The van der Waals surface area contributed by atoms with Crippen LogP contribution in [0, 0.1) is 35.5 Å². The first-order chi connectivity index (χ1) is 4.39. The van der Waals surface area contributed by atoms with Gasteiger partial charge in [-0.1, -0.05) is 0 Å². The third-order valence-electron chi connectivity index (χ3n) is 4.44. The van der Waals surface area contributed by atoms with Gasteiger partial charge < -0.3 is 0 Å². The van der Waals surface area contributed by atoms with E-state index in [1.54, 1.807) is 0 Å². The highest BCUT2D eigenvalue weighted by molar-refractivity contribution is 6.21. The van der Waals surface area contributed by atoms with Gasteiger partial charge in [0.1, 0.15) is 0 Å². The maximum absolute atomic E-state index is 6.22. The molecule has 5 aliphatic carbocycles. The standard InChI is InChI=1S/C8H9Cl/c9-8-3-1-2-4-5(3)7(4)6(2)8/h2-8H,1H2. The molecule has 5 rings (SSSR count). The molecule has 5 aliphatic rings. The fourth-order valence-electron chi connectivity index (χ4n) is 4.30. The van der Waals surface area contributed by atoms with Crippen LogP contribution < -0.4 is 0 Å². The van der Waals surface area contributed by atoms with Crippen LogP contribution in [0.15, 0.2) is 0 Å². The lowest BCUT2D eigenvalue weighted by Gasteiger charge is -2.30. The minimum Gasteiger partial charge on any atom is -0.122 e. The van der Waals surface area contributed by atoms with Crippen LogP contribution in [0.25, 0.3) is 0 Å². The maximum atomic E-state index is 6.22. The van der Waals surface area contributed by atoms with Crippen molar-refractivity contribution in [2.75, 3.05) is 0 Å². The molecule has 7 atom stereocenters. The van der Waals surface area contributed by atoms with Crippen LogP contribution >= 0.6 is 11.6 Å². The smallest absolute Gasteiger partial charge is 0.0401 e. The second-order valence-corrected chi connectivity index (χ2v) is 4.82. The predicted octanol–water partition coefficient (Wildman–Crippen LogP) is 1.74. The van der Waals surface area contributed by atoms with Gasteiger partial charge in [0.25, 0.3) is 0 Å². The van der Waals surface area contributed by atoms with Gasteiger partial charge in [-0.15, -0.1) is 11.6 Å². The SMILES string of the molecule is ClC1C2CC3C1C1C2C31. The zero-order chi connectivity index (χ0) is 5.75. The first-order valence-corrected chi connectivity index (χ1v) is 4.47. The van der Waals surface area contributed by atoms with Gasteiger partial charge in [-0.2, -0.15) is 0 Å². The lowest BCUT2D eigenvalue weighted by molar-refractivity contribution is 0.197. The summed E-state index contributed by atoms with van der Waals surface area (Å²) in [5, 5.41) is 0.620. The van der Waals surface area contributed by atoms with Crippen molar-refractivity contribution >= 4 is 11.6 Å². The molecule has 9 heavy (non-hydrogen) atoms. The molecule has 0 saturated heterocycles. The minimum absolute atomic E-state index is 0.620. The molecule has 0 aromatic rings. The molecular formula is C8H9Cl. The van der Waals surface area contributed by atoms with Gasteiger partial charge >= 0.3 is 0 Å². The molecule has 0 spiro atoms. The van der Waals surface area contributed by atoms with E-state index >= 15 is 0 Å². The van der Waals surface area contributed by atoms with Crippen molar-refractivity contribution < 1.29 is 0 Å². The Labute approximate surface area is 59.6 Å². The van der Waals surface area contributed by atoms with Crippen molar-refractivity contribution in [3.05, 3.63) is 0 Å². The highest BCUT2D eigenvalue weighted by Gasteiger charge is 2.83. The molecule has 0 radical (unpaired) electrons. The molecule has 0 aromatic carbocycles. The summed E-state index contributed by atoms with van der Waals surface area (Å²) >= 11 is 6.22. The molecule has 5 fully saturated rings. The van der Waals surface area contributed by atoms with E-state index in [1.165, 1.54) is 12.3 Å². The molecule has 0 aromatic heterocycles. The van der Waals surface area contributed by atoms with E-state index in [-0.39, 0.29) is 0 Å². The number of hydrogen-bond donors (Lipinski definition) is 0. The minimum atomic E-state index is 0.620. The molecule has 0 heterocycles. The second-order valence-electron chi connectivity index (χ2n) is 4.32. The van der Waals surface area contributed by atoms with E-state index in [9.17, 15) is 0 Å². The van der Waals surface area contributed by atoms with Gasteiger partial charge in [-0.05, 0) is 41.9 Å². The summed E-state index contributed by atoms with van der Waals surface area (Å²) in [5.74, 6) is 6.60. The molecule has 1 heteroatoms. The van der Waals surface area contributed by atoms with Crippen molar-refractivity contribution in [1.29, 1.82) is 0 Å². The van der Waals surface area contributed by atoms with Gasteiger partial charge in [-0.25, -0.2) is 0 Å². The second kappa shape index (κ2) is 0.887. The fraction of sp³-hybridized carbons (Fsp3) is 1.00. The lowest BCUT2D eigenvalue weighted by atomic mass is 9.76. The van der Waals surface area contributed by atoms with Crippen LogP contribution in [-0.4, -0.2) is 5.38 Å². The van der Waals surface area contributed by atoms with Crippen molar-refractivity contribution in [1.82, 2.24) is 0 Å². The Hall–Kier alpha value is 0.290. The van der Waals surface area contributed by atoms with Crippen LogP contribution in [0.2, 0.25) is 0 Å². The Kier molecular flexibility index (Phi) is 0.416. The molecule has 0 N–H and O–H groups in total. The summed E-state index contributed by atoms with van der Waals surface area (Å²) in [4.78, 5) is 0. The maximum Gasteiger partial charge on any atom is 0.0401 e. The summed E-state index contributed by atoms with van der Waals surface area (Å²) in [6.45, 7) is 0. The highest BCUT2D eigenvalue weighted by Crippen LogP contribution is 2.86. The zero-order valence-electron chi connectivity index (χ0n) is 5.13. The number of alkyl halides is 1. The average Bonchev–Trinajstić information content (AvgIpc) is 2.07. The van der Waals surface area contributed by atoms with Gasteiger partial charge in [0.15, 0.2) is 0 Å². The first kappa shape index (κ1) is 4.23. The molecule has 48 valence electrons. The summed E-state index contributed by atoms with van der Waals surface area (Å²) in [6, 6.07) is 0. The Bertz CT molecular complexity index is 189. The summed E-state index contributed by atoms with van der Waals surface area (Å²) in [7, 11) is 0. The summed E-state index contributed by atoms with van der Waals surface area (Å²) in [6.07, 6.45) is 1.50. The number of hydrogen-bond acceptors (Lipinski definition) is 0. The Morgan fingerprint density at radius 3 is 1.89 bits per heavy atom. The third-order valence-corrected chi connectivity index (χ3v) is 5.06. The van der Waals surface area contributed by atoms with Crippen molar-refractivity contribution in [2.45, 2.75) is 11.8 Å². The van der Waals surface area contributed by atoms with Gasteiger partial charge in [0.2, 0.25) is 0 Å². The fourth-order valence-corrected chi connectivity index (χ4v) is 4.92. The van der Waals surface area contributed by atoms with E-state index in [1.807, 2.05) is 0 Å². The van der Waals surface area contributed by atoms with E-state index in [0.29, 0.717) is 5.38 Å². The highest BCUT2D eigenvalue weighted by atomic mass is 35.5. The third kappa shape index (κ3) is 0.224. The van der Waals surface area contributed by atoms with Crippen molar-refractivity contribution in [3.8, 4) is 0 Å². The number of halogens is 1. The first-order valence-electron chi connectivity index (χ1n) is 4.03. The van der Waals surface area contributed by atoms with Gasteiger partial charge in [0, 0.05) is 5.38 Å². The molecule has 0 amide bonds. The largest absolute Gasteiger partial charge is 0.122 e. The van der Waals surface area contributed by atoms with Crippen LogP contribution in [0.3, 0.4) is 0 Å². The monoisotopic (exact) mass is 140 g/mol. The van der Waals surface area contributed by atoms with Crippen LogP contribution in [-0.2, 0) is 0 Å². The predicted molar refractivity (Wildman–Crippen MR) is 35.2 cm³/mol. The van der Waals surface area contributed by atoms with Crippen LogP contribution in [0.1, 0.15) is 6.42 Å². The van der Waals surface area contributed by atoms with E-state index in [4.69, 9.17) is 11.6 Å². The Balaban J connectivity index is 1.99. The van der Waals surface area contributed by atoms with Crippen molar-refractivity contribution in [2.24, 2.45) is 35.5 Å². The summed E-state index contributed by atoms with van der Waals surface area (Å²) < 4.78 is 0. The zero-order valence-corrected chi connectivity index (χ0v) is 5.88. The van der Waals surface area contributed by atoms with Gasteiger partial charge in [-0.3, -0.25) is 0 Å². The molecule has 0 aliphatic heterocycles. The lowest BCUT2D eigenvalue weighted by Crippen LogP contribution is -2.29. The van der Waals surface area contributed by atoms with E-state index in [2.05, 4.69) is 0 Å². The van der Waals surface area contributed by atoms with Crippen LogP contribution in [0.4, 0.5) is 0 Å². The Morgan fingerprint density at radius 2 is 1.67 bits per heavy atom. The van der Waals surface area contributed by atoms with Crippen molar-refractivity contribution in [3.63, 3.8) is 0 Å². The average molecular weight is 141 g/mol. The Morgan fingerprint density at radius 1 is 0.889 bits per heavy atom. The van der Waals surface area contributed by atoms with Gasteiger partial charge in [0.05, 0.1) is 0 Å². The molecule has 7 unspecified atom stereocenters. The summed E-state index contributed by atoms with van der Waals surface area (Å²) in [5.41, 5.74) is 0. The van der Waals surface area contributed by atoms with Crippen LogP contribution in [0.5, 0.6) is 0 Å². The van der Waals surface area contributed by atoms with E-state index in [0.717, 1.165) is 29.6 Å². The number of rotatable bonds is 0. The molecule has 5 saturated carbocycles.